The summed E-state index contributed by atoms with van der Waals surface area (Å²) in [5.41, 5.74) is 1.05. The van der Waals surface area contributed by atoms with E-state index in [0.29, 0.717) is 11.1 Å². The molecular formula is C14H16F2O2. The fourth-order valence-electron chi connectivity index (χ4n) is 2.20. The minimum atomic E-state index is -2.16. The van der Waals surface area contributed by atoms with Crippen LogP contribution in [0.5, 0.6) is 0 Å². The summed E-state index contributed by atoms with van der Waals surface area (Å²) in [6.45, 7) is 0. The third kappa shape index (κ3) is 2.31. The highest BCUT2D eigenvalue weighted by molar-refractivity contribution is 5.72. The number of halogens is 2. The number of rotatable bonds is 3. The first-order valence-electron chi connectivity index (χ1n) is 5.77. The van der Waals surface area contributed by atoms with Gasteiger partial charge in [-0.2, -0.15) is 0 Å². The van der Waals surface area contributed by atoms with Gasteiger partial charge in [0.1, 0.15) is 0 Å². The Morgan fingerprint density at radius 3 is 2.28 bits per heavy atom. The second-order valence-corrected chi connectivity index (χ2v) is 4.38. The van der Waals surface area contributed by atoms with Gasteiger partial charge in [0.25, 0.3) is 0 Å². The molecule has 0 aromatic heterocycles. The number of alkyl halides is 2. The number of methoxy groups -OCH3 is 2. The van der Waals surface area contributed by atoms with Crippen molar-refractivity contribution >= 4 is 5.57 Å². The van der Waals surface area contributed by atoms with Gasteiger partial charge < -0.3 is 9.47 Å². The molecule has 0 saturated carbocycles. The van der Waals surface area contributed by atoms with Crippen LogP contribution >= 0.6 is 0 Å². The number of benzene rings is 1. The number of ether oxygens (including phenoxy) is 2. The monoisotopic (exact) mass is 254 g/mol. The first kappa shape index (κ1) is 13.2. The molecule has 0 heterocycles. The zero-order valence-electron chi connectivity index (χ0n) is 10.5. The van der Waals surface area contributed by atoms with Crippen molar-refractivity contribution in [2.24, 2.45) is 0 Å². The fourth-order valence-corrected chi connectivity index (χ4v) is 2.20. The molecule has 0 N–H and O–H groups in total. The van der Waals surface area contributed by atoms with Crippen LogP contribution in [0.4, 0.5) is 8.78 Å². The van der Waals surface area contributed by atoms with Crippen LogP contribution in [0.25, 0.3) is 5.57 Å². The summed E-state index contributed by atoms with van der Waals surface area (Å²) in [6.07, 6.45) is 1.06. The van der Waals surface area contributed by atoms with Crippen LogP contribution < -0.4 is 0 Å². The summed E-state index contributed by atoms with van der Waals surface area (Å²) in [4.78, 5) is 0. The summed E-state index contributed by atoms with van der Waals surface area (Å²) in [5.74, 6) is -4.17. The molecule has 0 saturated heterocycles. The summed E-state index contributed by atoms with van der Waals surface area (Å²) in [7, 11) is 2.47. The molecular weight excluding hydrogens is 238 g/mol. The maximum atomic E-state index is 14.7. The van der Waals surface area contributed by atoms with E-state index in [9.17, 15) is 8.78 Å². The van der Waals surface area contributed by atoms with E-state index in [1.165, 1.54) is 20.3 Å². The SMILES string of the molecule is COC1(F)CC=C(c2ccccc2)C(F)(OC)C1. The molecule has 4 heteroatoms. The maximum Gasteiger partial charge on any atom is 0.240 e. The van der Waals surface area contributed by atoms with Crippen LogP contribution in [-0.2, 0) is 9.47 Å². The first-order chi connectivity index (χ1) is 8.53. The van der Waals surface area contributed by atoms with E-state index >= 15 is 0 Å². The molecule has 1 aromatic carbocycles. The van der Waals surface area contributed by atoms with Crippen LogP contribution in [0.2, 0.25) is 0 Å². The molecule has 98 valence electrons. The van der Waals surface area contributed by atoms with Gasteiger partial charge >= 0.3 is 0 Å². The lowest BCUT2D eigenvalue weighted by atomic mass is 9.86. The van der Waals surface area contributed by atoms with E-state index in [1.807, 2.05) is 6.07 Å². The Hall–Kier alpha value is -1.26. The molecule has 1 aromatic rings. The highest BCUT2D eigenvalue weighted by Crippen LogP contribution is 2.45. The molecule has 2 atom stereocenters. The average molecular weight is 254 g/mol. The van der Waals surface area contributed by atoms with Gasteiger partial charge in [-0.25, -0.2) is 8.78 Å². The Bertz CT molecular complexity index is 446. The topological polar surface area (TPSA) is 18.5 Å². The van der Waals surface area contributed by atoms with E-state index in [-0.39, 0.29) is 6.42 Å². The fraction of sp³-hybridized carbons (Fsp3) is 0.429. The second-order valence-electron chi connectivity index (χ2n) is 4.38. The van der Waals surface area contributed by atoms with Crippen LogP contribution in [-0.4, -0.2) is 25.9 Å². The molecule has 2 nitrogen and oxygen atoms in total. The molecule has 0 fully saturated rings. The Balaban J connectivity index is 2.41. The lowest BCUT2D eigenvalue weighted by Crippen LogP contribution is -2.42. The maximum absolute atomic E-state index is 14.7. The van der Waals surface area contributed by atoms with Gasteiger partial charge in [0.2, 0.25) is 11.7 Å². The number of hydrogen-bond donors (Lipinski definition) is 0. The molecule has 1 aliphatic carbocycles. The standard InChI is InChI=1S/C14H16F2O2/c1-17-13(15)9-8-12(14(16,10-13)18-2)11-6-4-3-5-7-11/h3-8H,9-10H2,1-2H3. The second kappa shape index (κ2) is 4.78. The van der Waals surface area contributed by atoms with Gasteiger partial charge in [-0.15, -0.1) is 0 Å². The average Bonchev–Trinajstić information content (AvgIpc) is 2.40. The molecule has 0 spiro atoms. The summed E-state index contributed by atoms with van der Waals surface area (Å²) >= 11 is 0. The van der Waals surface area contributed by atoms with Crippen LogP contribution in [0.3, 0.4) is 0 Å². The molecule has 2 unspecified atom stereocenters. The van der Waals surface area contributed by atoms with Crippen molar-refractivity contribution in [1.29, 1.82) is 0 Å². The summed E-state index contributed by atoms with van der Waals surface area (Å²) < 4.78 is 38.4. The van der Waals surface area contributed by atoms with Crippen molar-refractivity contribution in [3.63, 3.8) is 0 Å². The highest BCUT2D eigenvalue weighted by atomic mass is 19.2. The Labute approximate surface area is 105 Å². The van der Waals surface area contributed by atoms with Crippen LogP contribution in [0.1, 0.15) is 18.4 Å². The van der Waals surface area contributed by atoms with Gasteiger partial charge in [-0.05, 0) is 5.56 Å². The molecule has 2 rings (SSSR count). The third-order valence-electron chi connectivity index (χ3n) is 3.28. The Morgan fingerprint density at radius 1 is 1.06 bits per heavy atom. The lowest BCUT2D eigenvalue weighted by Gasteiger charge is -2.37. The predicted molar refractivity (Wildman–Crippen MR) is 65.3 cm³/mol. The minimum Gasteiger partial charge on any atom is -0.349 e. The molecule has 0 amide bonds. The van der Waals surface area contributed by atoms with Gasteiger partial charge in [0.05, 0.1) is 6.42 Å². The molecule has 0 radical (unpaired) electrons. The van der Waals surface area contributed by atoms with E-state index < -0.39 is 18.1 Å². The van der Waals surface area contributed by atoms with Crippen molar-refractivity contribution in [2.45, 2.75) is 24.6 Å². The molecule has 0 aliphatic heterocycles. The van der Waals surface area contributed by atoms with E-state index in [2.05, 4.69) is 0 Å². The normalized spacial score (nSPS) is 32.1. The zero-order chi connectivity index (χ0) is 13.2. The smallest absolute Gasteiger partial charge is 0.240 e. The van der Waals surface area contributed by atoms with Gasteiger partial charge in [0, 0.05) is 26.2 Å². The van der Waals surface area contributed by atoms with Crippen molar-refractivity contribution in [2.75, 3.05) is 14.2 Å². The number of hydrogen-bond acceptors (Lipinski definition) is 2. The zero-order valence-corrected chi connectivity index (χ0v) is 10.5. The van der Waals surface area contributed by atoms with Gasteiger partial charge in [-0.3, -0.25) is 0 Å². The van der Waals surface area contributed by atoms with E-state index in [0.717, 1.165) is 0 Å². The molecule has 1 aliphatic rings. The van der Waals surface area contributed by atoms with Crippen molar-refractivity contribution in [3.8, 4) is 0 Å². The van der Waals surface area contributed by atoms with Gasteiger partial charge in [0.15, 0.2) is 0 Å². The molecule has 0 bridgehead atoms. The predicted octanol–water partition coefficient (Wildman–Crippen LogP) is 3.49. The van der Waals surface area contributed by atoms with Crippen molar-refractivity contribution in [3.05, 3.63) is 42.0 Å². The lowest BCUT2D eigenvalue weighted by molar-refractivity contribution is -0.194. The minimum absolute atomic E-state index is 0.0166. The summed E-state index contributed by atoms with van der Waals surface area (Å²) in [5, 5.41) is 0. The van der Waals surface area contributed by atoms with Crippen molar-refractivity contribution < 1.29 is 18.3 Å². The van der Waals surface area contributed by atoms with Gasteiger partial charge in [-0.1, -0.05) is 36.4 Å². The van der Waals surface area contributed by atoms with Crippen LogP contribution in [0.15, 0.2) is 36.4 Å². The molecule has 18 heavy (non-hydrogen) atoms. The summed E-state index contributed by atoms with van der Waals surface area (Å²) in [6, 6.07) is 9.00. The Kier molecular flexibility index (Phi) is 3.50. The van der Waals surface area contributed by atoms with E-state index in [4.69, 9.17) is 9.47 Å². The largest absolute Gasteiger partial charge is 0.349 e. The highest BCUT2D eigenvalue weighted by Gasteiger charge is 2.48. The quantitative estimate of drug-likeness (QED) is 0.822. The first-order valence-corrected chi connectivity index (χ1v) is 5.77. The Morgan fingerprint density at radius 2 is 1.72 bits per heavy atom. The third-order valence-corrected chi connectivity index (χ3v) is 3.28. The van der Waals surface area contributed by atoms with Crippen molar-refractivity contribution in [1.82, 2.24) is 0 Å². The van der Waals surface area contributed by atoms with Crippen LogP contribution in [0, 0.1) is 0 Å². The van der Waals surface area contributed by atoms with E-state index in [1.54, 1.807) is 24.3 Å².